The molecule has 1 atom stereocenters. The molecule has 0 saturated carbocycles. The highest BCUT2D eigenvalue weighted by Crippen LogP contribution is 2.28. The van der Waals surface area contributed by atoms with Gasteiger partial charge in [-0.2, -0.15) is 0 Å². The maximum Gasteiger partial charge on any atom is 0.343 e. The molecule has 0 fully saturated rings. The minimum Gasteiger partial charge on any atom is -0.455 e. The number of hydrogen-bond acceptors (Lipinski definition) is 4. The van der Waals surface area contributed by atoms with Crippen molar-refractivity contribution in [2.24, 2.45) is 5.92 Å². The Kier molecular flexibility index (Phi) is 8.65. The van der Waals surface area contributed by atoms with Gasteiger partial charge < -0.3 is 9.47 Å². The van der Waals surface area contributed by atoms with Crippen molar-refractivity contribution in [2.45, 2.75) is 47.1 Å². The van der Waals surface area contributed by atoms with Gasteiger partial charge in [0.1, 0.15) is 11.4 Å². The maximum absolute atomic E-state index is 13.0. The van der Waals surface area contributed by atoms with E-state index in [2.05, 4.69) is 25.2 Å². The van der Waals surface area contributed by atoms with Gasteiger partial charge >= 0.3 is 11.9 Å². The molecule has 0 spiro atoms. The van der Waals surface area contributed by atoms with E-state index in [1.165, 1.54) is 6.07 Å². The van der Waals surface area contributed by atoms with Crippen molar-refractivity contribution in [2.75, 3.05) is 0 Å². The molecule has 0 aliphatic carbocycles. The number of ether oxygens (including phenoxy) is 2. The highest BCUT2D eigenvalue weighted by Gasteiger charge is 2.30. The van der Waals surface area contributed by atoms with Crippen molar-refractivity contribution < 1.29 is 19.1 Å². The lowest BCUT2D eigenvalue weighted by Gasteiger charge is -2.30. The number of hydrogen-bond donors (Lipinski definition) is 0. The van der Waals surface area contributed by atoms with E-state index in [0.29, 0.717) is 11.3 Å². The highest BCUT2D eigenvalue weighted by atomic mass is 16.6. The minimum absolute atomic E-state index is 0.0406. The second-order valence-electron chi connectivity index (χ2n) is 9.32. The van der Waals surface area contributed by atoms with Crippen LogP contribution in [0.25, 0.3) is 10.8 Å². The van der Waals surface area contributed by atoms with Gasteiger partial charge in [0, 0.05) is 11.3 Å². The van der Waals surface area contributed by atoms with Gasteiger partial charge in [0.25, 0.3) is 0 Å². The summed E-state index contributed by atoms with van der Waals surface area (Å²) in [6.07, 6.45) is 8.22. The molecule has 0 N–H and O–H groups in total. The quantitative estimate of drug-likeness (QED) is 0.185. The fraction of sp³-hybridized carbons (Fsp3) is 0.250. The van der Waals surface area contributed by atoms with Crippen LogP contribution in [0.2, 0.25) is 0 Å². The average Bonchev–Trinajstić information content (AvgIpc) is 2.87. The molecule has 186 valence electrons. The first kappa shape index (κ1) is 26.7. The third-order valence-corrected chi connectivity index (χ3v) is 6.35. The van der Waals surface area contributed by atoms with Crippen LogP contribution in [0.3, 0.4) is 0 Å². The standard InChI is InChI=1S/C32H34O4/c1-7-13-24(8-2)22(3)20-23(4)32(5,6)36-31(34)27-17-11-16-26(21-27)30(33)35-29-19-12-15-25-14-9-10-18-28(25)29/h7-21,23H,1-6H3/b13-7-,22-20-,24-8-. The lowest BCUT2D eigenvalue weighted by Crippen LogP contribution is -2.34. The molecule has 36 heavy (non-hydrogen) atoms. The number of allylic oxidation sites excluding steroid dienone is 5. The third kappa shape index (κ3) is 6.39. The monoisotopic (exact) mass is 482 g/mol. The average molecular weight is 483 g/mol. The molecule has 4 heteroatoms. The van der Waals surface area contributed by atoms with Crippen LogP contribution >= 0.6 is 0 Å². The largest absolute Gasteiger partial charge is 0.455 e. The highest BCUT2D eigenvalue weighted by molar-refractivity contribution is 5.98. The van der Waals surface area contributed by atoms with Crippen LogP contribution in [0.5, 0.6) is 5.75 Å². The van der Waals surface area contributed by atoms with Crippen molar-refractivity contribution in [3.8, 4) is 5.75 Å². The summed E-state index contributed by atoms with van der Waals surface area (Å²) < 4.78 is 11.6. The first-order valence-electron chi connectivity index (χ1n) is 12.2. The van der Waals surface area contributed by atoms with Gasteiger partial charge in [-0.25, -0.2) is 9.59 Å². The molecule has 3 aromatic carbocycles. The summed E-state index contributed by atoms with van der Waals surface area (Å²) in [5.74, 6) is -0.588. The Balaban J connectivity index is 1.75. The SMILES string of the molecule is C\C=C/C(=C/C)C(/C)=C\C(C)C(C)(C)OC(=O)c1cccc(C(=O)Oc2cccc3ccccc23)c1. The summed E-state index contributed by atoms with van der Waals surface area (Å²) in [5, 5.41) is 1.83. The second kappa shape index (κ2) is 11.7. The molecular formula is C32H34O4. The van der Waals surface area contributed by atoms with Gasteiger partial charge in [0.15, 0.2) is 0 Å². The first-order chi connectivity index (χ1) is 17.2. The number of carbonyl (C=O) groups is 2. The number of esters is 2. The maximum atomic E-state index is 13.0. The van der Waals surface area contributed by atoms with Crippen LogP contribution in [0.1, 0.15) is 62.3 Å². The molecular weight excluding hydrogens is 448 g/mol. The Morgan fingerprint density at radius 1 is 0.889 bits per heavy atom. The summed E-state index contributed by atoms with van der Waals surface area (Å²) in [7, 11) is 0. The Morgan fingerprint density at radius 2 is 1.53 bits per heavy atom. The summed E-state index contributed by atoms with van der Waals surface area (Å²) in [6.45, 7) is 11.8. The van der Waals surface area contributed by atoms with E-state index >= 15 is 0 Å². The topological polar surface area (TPSA) is 52.6 Å². The zero-order chi connectivity index (χ0) is 26.3. The van der Waals surface area contributed by atoms with Crippen LogP contribution in [0, 0.1) is 5.92 Å². The van der Waals surface area contributed by atoms with Crippen LogP contribution in [0.15, 0.2) is 102 Å². The van der Waals surface area contributed by atoms with Crippen molar-refractivity contribution >= 4 is 22.7 Å². The Morgan fingerprint density at radius 3 is 2.22 bits per heavy atom. The van der Waals surface area contributed by atoms with E-state index in [9.17, 15) is 9.59 Å². The predicted octanol–water partition coefficient (Wildman–Crippen LogP) is 8.10. The lowest BCUT2D eigenvalue weighted by molar-refractivity contribution is -0.0168. The summed E-state index contributed by atoms with van der Waals surface area (Å²) >= 11 is 0. The van der Waals surface area contributed by atoms with Gasteiger partial charge in [-0.15, -0.1) is 0 Å². The van der Waals surface area contributed by atoms with Crippen molar-refractivity contribution in [1.29, 1.82) is 0 Å². The van der Waals surface area contributed by atoms with Crippen LogP contribution < -0.4 is 4.74 Å². The zero-order valence-electron chi connectivity index (χ0n) is 21.9. The van der Waals surface area contributed by atoms with E-state index in [1.54, 1.807) is 24.3 Å². The van der Waals surface area contributed by atoms with Gasteiger partial charge in [0.2, 0.25) is 0 Å². The molecule has 0 aromatic heterocycles. The molecule has 1 unspecified atom stereocenters. The number of carbonyl (C=O) groups excluding carboxylic acids is 2. The Labute approximate surface area is 213 Å². The fourth-order valence-corrected chi connectivity index (χ4v) is 3.91. The predicted molar refractivity (Wildman–Crippen MR) is 146 cm³/mol. The van der Waals surface area contributed by atoms with E-state index in [4.69, 9.17) is 9.47 Å². The normalized spacial score (nSPS) is 13.6. The minimum atomic E-state index is -0.757. The van der Waals surface area contributed by atoms with Gasteiger partial charge in [0.05, 0.1) is 11.1 Å². The molecule has 0 heterocycles. The van der Waals surface area contributed by atoms with Crippen LogP contribution in [0.4, 0.5) is 0 Å². The zero-order valence-corrected chi connectivity index (χ0v) is 21.9. The van der Waals surface area contributed by atoms with E-state index in [1.807, 2.05) is 77.1 Å². The molecule has 3 rings (SSSR count). The van der Waals surface area contributed by atoms with E-state index in [-0.39, 0.29) is 11.5 Å². The molecule has 0 aliphatic rings. The van der Waals surface area contributed by atoms with Crippen molar-refractivity contribution in [3.05, 3.63) is 113 Å². The molecule has 0 radical (unpaired) electrons. The Hall–Kier alpha value is -3.92. The van der Waals surface area contributed by atoms with Crippen LogP contribution in [-0.4, -0.2) is 17.5 Å². The first-order valence-corrected chi connectivity index (χ1v) is 12.2. The van der Waals surface area contributed by atoms with Gasteiger partial charge in [-0.3, -0.25) is 0 Å². The van der Waals surface area contributed by atoms with Crippen molar-refractivity contribution in [1.82, 2.24) is 0 Å². The summed E-state index contributed by atoms with van der Waals surface area (Å²) in [5.41, 5.74) is 2.07. The number of fused-ring (bicyclic) bond motifs is 1. The molecule has 0 amide bonds. The smallest absolute Gasteiger partial charge is 0.343 e. The van der Waals surface area contributed by atoms with E-state index in [0.717, 1.165) is 21.9 Å². The van der Waals surface area contributed by atoms with Gasteiger partial charge in [-0.1, -0.05) is 73.7 Å². The molecule has 0 saturated heterocycles. The molecule has 0 aliphatic heterocycles. The molecule has 0 bridgehead atoms. The van der Waals surface area contributed by atoms with E-state index < -0.39 is 17.5 Å². The van der Waals surface area contributed by atoms with Crippen LogP contribution in [-0.2, 0) is 4.74 Å². The fourth-order valence-electron chi connectivity index (χ4n) is 3.91. The number of benzene rings is 3. The summed E-state index contributed by atoms with van der Waals surface area (Å²) in [4.78, 5) is 25.9. The molecule has 4 nitrogen and oxygen atoms in total. The second-order valence-corrected chi connectivity index (χ2v) is 9.32. The summed E-state index contributed by atoms with van der Waals surface area (Å²) in [6, 6.07) is 19.7. The number of rotatable bonds is 8. The Bertz CT molecular complexity index is 1340. The van der Waals surface area contributed by atoms with Gasteiger partial charge in [-0.05, 0) is 75.4 Å². The third-order valence-electron chi connectivity index (χ3n) is 6.35. The lowest BCUT2D eigenvalue weighted by atomic mass is 9.89. The van der Waals surface area contributed by atoms with Crippen molar-refractivity contribution in [3.63, 3.8) is 0 Å². The molecule has 3 aromatic rings.